The van der Waals surface area contributed by atoms with Gasteiger partial charge in [0, 0.05) is 19.1 Å². The summed E-state index contributed by atoms with van der Waals surface area (Å²) in [5, 5.41) is 5.57. The summed E-state index contributed by atoms with van der Waals surface area (Å²) in [7, 11) is 2.03. The standard InChI is InChI=1S/C14H22FN3O/c1-11(2)18(3)9-8-16-10-14(19)17-13-7-5-4-6-12(13)15/h4-7,11,16H,8-10H2,1-3H3,(H,17,19). The Labute approximate surface area is 114 Å². The molecule has 0 aliphatic carbocycles. The minimum Gasteiger partial charge on any atom is -0.322 e. The Morgan fingerprint density at radius 1 is 1.37 bits per heavy atom. The average molecular weight is 267 g/mol. The zero-order valence-corrected chi connectivity index (χ0v) is 11.7. The lowest BCUT2D eigenvalue weighted by atomic mass is 10.3. The smallest absolute Gasteiger partial charge is 0.238 e. The Morgan fingerprint density at radius 2 is 2.05 bits per heavy atom. The van der Waals surface area contributed by atoms with Gasteiger partial charge in [-0.2, -0.15) is 0 Å². The van der Waals surface area contributed by atoms with E-state index in [2.05, 4.69) is 29.4 Å². The number of hydrogen-bond donors (Lipinski definition) is 2. The van der Waals surface area contributed by atoms with E-state index >= 15 is 0 Å². The molecule has 5 heteroatoms. The highest BCUT2D eigenvalue weighted by molar-refractivity contribution is 5.92. The summed E-state index contributed by atoms with van der Waals surface area (Å²) in [6.07, 6.45) is 0. The average Bonchev–Trinajstić information content (AvgIpc) is 2.37. The molecule has 0 aliphatic rings. The summed E-state index contributed by atoms with van der Waals surface area (Å²) in [5.74, 6) is -0.660. The molecule has 19 heavy (non-hydrogen) atoms. The number of likely N-dealkylation sites (N-methyl/N-ethyl adjacent to an activating group) is 1. The lowest BCUT2D eigenvalue weighted by molar-refractivity contribution is -0.115. The topological polar surface area (TPSA) is 44.4 Å². The molecule has 1 amide bonds. The fourth-order valence-electron chi connectivity index (χ4n) is 1.47. The van der Waals surface area contributed by atoms with E-state index in [1.807, 2.05) is 7.05 Å². The van der Waals surface area contributed by atoms with Crippen LogP contribution >= 0.6 is 0 Å². The van der Waals surface area contributed by atoms with Crippen LogP contribution in [-0.2, 0) is 4.79 Å². The Hall–Kier alpha value is -1.46. The van der Waals surface area contributed by atoms with E-state index in [1.165, 1.54) is 6.07 Å². The van der Waals surface area contributed by atoms with Gasteiger partial charge in [-0.05, 0) is 33.0 Å². The van der Waals surface area contributed by atoms with Gasteiger partial charge in [0.1, 0.15) is 5.82 Å². The van der Waals surface area contributed by atoms with Crippen molar-refractivity contribution in [1.29, 1.82) is 0 Å². The first-order chi connectivity index (χ1) is 9.00. The van der Waals surface area contributed by atoms with Crippen LogP contribution < -0.4 is 10.6 Å². The molecule has 0 heterocycles. The number of nitrogens with one attached hydrogen (secondary N) is 2. The number of benzene rings is 1. The number of carbonyl (C=O) groups is 1. The van der Waals surface area contributed by atoms with Crippen LogP contribution in [0.1, 0.15) is 13.8 Å². The van der Waals surface area contributed by atoms with Crippen molar-refractivity contribution in [2.24, 2.45) is 0 Å². The molecular formula is C14H22FN3O. The number of anilines is 1. The van der Waals surface area contributed by atoms with Crippen LogP contribution in [0, 0.1) is 5.82 Å². The largest absolute Gasteiger partial charge is 0.322 e. The summed E-state index contributed by atoms with van der Waals surface area (Å²) in [6, 6.07) is 6.61. The minimum absolute atomic E-state index is 0.181. The molecule has 2 N–H and O–H groups in total. The van der Waals surface area contributed by atoms with Crippen molar-refractivity contribution in [3.63, 3.8) is 0 Å². The zero-order valence-electron chi connectivity index (χ0n) is 11.7. The van der Waals surface area contributed by atoms with E-state index < -0.39 is 5.82 Å². The van der Waals surface area contributed by atoms with Gasteiger partial charge in [0.05, 0.1) is 12.2 Å². The number of nitrogens with zero attached hydrogens (tertiary/aromatic N) is 1. The van der Waals surface area contributed by atoms with Crippen LogP contribution in [0.25, 0.3) is 0 Å². The third-order valence-electron chi connectivity index (χ3n) is 2.96. The fraction of sp³-hybridized carbons (Fsp3) is 0.500. The zero-order chi connectivity index (χ0) is 14.3. The van der Waals surface area contributed by atoms with Crippen molar-refractivity contribution in [2.45, 2.75) is 19.9 Å². The molecule has 0 bridgehead atoms. The number of carbonyl (C=O) groups excluding carboxylic acids is 1. The third kappa shape index (κ3) is 5.81. The highest BCUT2D eigenvalue weighted by Gasteiger charge is 2.06. The van der Waals surface area contributed by atoms with E-state index in [4.69, 9.17) is 0 Å². The summed E-state index contributed by atoms with van der Waals surface area (Å²) < 4.78 is 13.3. The van der Waals surface area contributed by atoms with Crippen LogP contribution in [0.3, 0.4) is 0 Å². The van der Waals surface area contributed by atoms with Gasteiger partial charge in [-0.3, -0.25) is 4.79 Å². The van der Waals surface area contributed by atoms with Gasteiger partial charge in [0.25, 0.3) is 0 Å². The normalized spacial score (nSPS) is 11.1. The maximum Gasteiger partial charge on any atom is 0.238 e. The molecule has 0 unspecified atom stereocenters. The van der Waals surface area contributed by atoms with E-state index in [0.717, 1.165) is 13.1 Å². The molecule has 0 aliphatic heterocycles. The summed E-state index contributed by atoms with van der Waals surface area (Å²) in [5.41, 5.74) is 0.216. The summed E-state index contributed by atoms with van der Waals surface area (Å²) >= 11 is 0. The predicted octanol–water partition coefficient (Wildman–Crippen LogP) is 1.69. The Morgan fingerprint density at radius 3 is 2.68 bits per heavy atom. The molecule has 0 aromatic heterocycles. The second kappa shape index (κ2) is 7.86. The summed E-state index contributed by atoms with van der Waals surface area (Å²) in [6.45, 7) is 6.00. The lowest BCUT2D eigenvalue weighted by Crippen LogP contribution is -2.36. The van der Waals surface area contributed by atoms with Gasteiger partial charge in [-0.1, -0.05) is 12.1 Å². The number of hydrogen-bond acceptors (Lipinski definition) is 3. The van der Waals surface area contributed by atoms with Gasteiger partial charge in [-0.25, -0.2) is 4.39 Å². The fourth-order valence-corrected chi connectivity index (χ4v) is 1.47. The molecule has 1 aromatic carbocycles. The quantitative estimate of drug-likeness (QED) is 0.739. The Kier molecular flexibility index (Phi) is 6.45. The Bertz CT molecular complexity index is 409. The van der Waals surface area contributed by atoms with Gasteiger partial charge in [-0.15, -0.1) is 0 Å². The molecule has 0 atom stereocenters. The maximum absolute atomic E-state index is 13.3. The number of rotatable bonds is 7. The second-order valence-corrected chi connectivity index (χ2v) is 4.78. The molecule has 1 aromatic rings. The molecular weight excluding hydrogens is 245 g/mol. The first-order valence-corrected chi connectivity index (χ1v) is 6.46. The van der Waals surface area contributed by atoms with Gasteiger partial charge >= 0.3 is 0 Å². The van der Waals surface area contributed by atoms with Gasteiger partial charge in [0.2, 0.25) is 5.91 Å². The molecule has 0 saturated carbocycles. The van der Waals surface area contributed by atoms with Crippen LogP contribution in [-0.4, -0.2) is 43.5 Å². The van der Waals surface area contributed by atoms with Gasteiger partial charge < -0.3 is 15.5 Å². The number of para-hydroxylation sites is 1. The highest BCUT2D eigenvalue weighted by Crippen LogP contribution is 2.11. The van der Waals surface area contributed by atoms with Gasteiger partial charge in [0.15, 0.2) is 0 Å². The molecule has 0 fully saturated rings. The highest BCUT2D eigenvalue weighted by atomic mass is 19.1. The summed E-state index contributed by atoms with van der Waals surface area (Å²) in [4.78, 5) is 13.8. The van der Waals surface area contributed by atoms with E-state index in [0.29, 0.717) is 6.04 Å². The van der Waals surface area contributed by atoms with Crippen molar-refractivity contribution in [3.8, 4) is 0 Å². The monoisotopic (exact) mass is 267 g/mol. The lowest BCUT2D eigenvalue weighted by Gasteiger charge is -2.20. The maximum atomic E-state index is 13.3. The third-order valence-corrected chi connectivity index (χ3v) is 2.96. The van der Waals surface area contributed by atoms with E-state index in [1.54, 1.807) is 18.2 Å². The van der Waals surface area contributed by atoms with Crippen molar-refractivity contribution in [2.75, 3.05) is 32.0 Å². The molecule has 4 nitrogen and oxygen atoms in total. The predicted molar refractivity (Wildman–Crippen MR) is 75.7 cm³/mol. The van der Waals surface area contributed by atoms with Crippen molar-refractivity contribution in [3.05, 3.63) is 30.1 Å². The molecule has 1 rings (SSSR count). The van der Waals surface area contributed by atoms with Crippen molar-refractivity contribution >= 4 is 11.6 Å². The molecule has 0 radical (unpaired) electrons. The van der Waals surface area contributed by atoms with Crippen LogP contribution in [0.4, 0.5) is 10.1 Å². The SMILES string of the molecule is CC(C)N(C)CCNCC(=O)Nc1ccccc1F. The molecule has 0 saturated heterocycles. The molecule has 0 spiro atoms. The van der Waals surface area contributed by atoms with Crippen molar-refractivity contribution < 1.29 is 9.18 Å². The van der Waals surface area contributed by atoms with E-state index in [9.17, 15) is 9.18 Å². The second-order valence-electron chi connectivity index (χ2n) is 4.78. The minimum atomic E-state index is -0.421. The Balaban J connectivity index is 2.24. The number of halogens is 1. The van der Waals surface area contributed by atoms with E-state index in [-0.39, 0.29) is 18.1 Å². The van der Waals surface area contributed by atoms with Crippen LogP contribution in [0.2, 0.25) is 0 Å². The first kappa shape index (κ1) is 15.6. The van der Waals surface area contributed by atoms with Crippen LogP contribution in [0.15, 0.2) is 24.3 Å². The van der Waals surface area contributed by atoms with Crippen molar-refractivity contribution in [1.82, 2.24) is 10.2 Å². The first-order valence-electron chi connectivity index (χ1n) is 6.46. The molecule has 106 valence electrons. The number of amides is 1. The van der Waals surface area contributed by atoms with Crippen LogP contribution in [0.5, 0.6) is 0 Å².